The fourth-order valence-corrected chi connectivity index (χ4v) is 1.62. The number of hydrogen-bond donors (Lipinski definition) is 0. The van der Waals surface area contributed by atoms with Crippen molar-refractivity contribution >= 4 is 6.09 Å². The Morgan fingerprint density at radius 3 is 2.81 bits per heavy atom. The maximum atomic E-state index is 11.7. The second-order valence-electron chi connectivity index (χ2n) is 4.96. The molecule has 0 N–H and O–H groups in total. The summed E-state index contributed by atoms with van der Waals surface area (Å²) in [4.78, 5) is 13.4. The van der Waals surface area contributed by atoms with Gasteiger partial charge in [0.2, 0.25) is 0 Å². The Kier molecular flexibility index (Phi) is 3.94. The topological polar surface area (TPSA) is 53.3 Å². The molecule has 0 spiro atoms. The van der Waals surface area contributed by atoms with E-state index in [1.165, 1.54) is 6.08 Å². The van der Waals surface area contributed by atoms with Gasteiger partial charge in [0, 0.05) is 19.2 Å². The summed E-state index contributed by atoms with van der Waals surface area (Å²) < 4.78 is 5.27. The van der Waals surface area contributed by atoms with Crippen molar-refractivity contribution in [1.82, 2.24) is 4.90 Å². The zero-order valence-electron chi connectivity index (χ0n) is 10.1. The van der Waals surface area contributed by atoms with Gasteiger partial charge < -0.3 is 9.64 Å². The van der Waals surface area contributed by atoms with Crippen LogP contribution in [0.25, 0.3) is 0 Å². The average Bonchev–Trinajstić information content (AvgIpc) is 2.60. The van der Waals surface area contributed by atoms with Gasteiger partial charge >= 0.3 is 6.09 Å². The summed E-state index contributed by atoms with van der Waals surface area (Å²) in [6.07, 6.45) is 3.96. The summed E-state index contributed by atoms with van der Waals surface area (Å²) >= 11 is 0. The first-order valence-electron chi connectivity index (χ1n) is 5.46. The standard InChI is InChI=1S/C12H18N2O2/c1-12(2,3)16-11(15)14-8-6-10(9-14)5-4-7-13/h4-5,10H,6,8-9H2,1-3H3. The molecule has 0 bridgehead atoms. The lowest BCUT2D eigenvalue weighted by atomic mass is 10.1. The maximum Gasteiger partial charge on any atom is 0.410 e. The minimum atomic E-state index is -0.447. The van der Waals surface area contributed by atoms with Gasteiger partial charge in [-0.3, -0.25) is 0 Å². The molecule has 1 aliphatic heterocycles. The van der Waals surface area contributed by atoms with Crippen LogP contribution in [0, 0.1) is 17.2 Å². The van der Waals surface area contributed by atoms with Gasteiger partial charge in [0.05, 0.1) is 6.07 Å². The first kappa shape index (κ1) is 12.6. The van der Waals surface area contributed by atoms with Crippen molar-refractivity contribution in [2.24, 2.45) is 5.92 Å². The van der Waals surface area contributed by atoms with Crippen LogP contribution in [0.2, 0.25) is 0 Å². The third kappa shape index (κ3) is 3.93. The van der Waals surface area contributed by atoms with Gasteiger partial charge in [0.15, 0.2) is 0 Å². The third-order valence-corrected chi connectivity index (χ3v) is 2.32. The Morgan fingerprint density at radius 2 is 2.25 bits per heavy atom. The van der Waals surface area contributed by atoms with E-state index in [-0.39, 0.29) is 12.0 Å². The summed E-state index contributed by atoms with van der Waals surface area (Å²) in [6.45, 7) is 6.92. The molecule has 1 amide bonds. The molecule has 1 rings (SSSR count). The van der Waals surface area contributed by atoms with E-state index in [1.807, 2.05) is 32.9 Å². The van der Waals surface area contributed by atoms with Gasteiger partial charge in [0.1, 0.15) is 5.60 Å². The van der Waals surface area contributed by atoms with Crippen LogP contribution in [0.1, 0.15) is 27.2 Å². The summed E-state index contributed by atoms with van der Waals surface area (Å²) in [5.74, 6) is 0.284. The van der Waals surface area contributed by atoms with E-state index >= 15 is 0 Å². The molecule has 0 aliphatic carbocycles. The van der Waals surface area contributed by atoms with E-state index in [4.69, 9.17) is 10.00 Å². The van der Waals surface area contributed by atoms with E-state index in [1.54, 1.807) is 4.90 Å². The van der Waals surface area contributed by atoms with Gasteiger partial charge in [0.25, 0.3) is 0 Å². The van der Waals surface area contributed by atoms with E-state index in [0.29, 0.717) is 13.1 Å². The summed E-state index contributed by atoms with van der Waals surface area (Å²) in [6, 6.07) is 1.96. The predicted octanol–water partition coefficient (Wildman–Crippen LogP) is 2.32. The van der Waals surface area contributed by atoms with Crippen LogP contribution < -0.4 is 0 Å². The molecule has 0 saturated carbocycles. The molecule has 1 aliphatic rings. The quantitative estimate of drug-likeness (QED) is 0.640. The van der Waals surface area contributed by atoms with E-state index < -0.39 is 5.60 Å². The summed E-state index contributed by atoms with van der Waals surface area (Å²) in [7, 11) is 0. The highest BCUT2D eigenvalue weighted by molar-refractivity contribution is 5.68. The molecule has 0 aromatic heterocycles. The predicted molar refractivity (Wildman–Crippen MR) is 60.7 cm³/mol. The van der Waals surface area contributed by atoms with Crippen molar-refractivity contribution in [3.8, 4) is 6.07 Å². The fourth-order valence-electron chi connectivity index (χ4n) is 1.62. The number of nitriles is 1. The highest BCUT2D eigenvalue weighted by Crippen LogP contribution is 2.20. The molecule has 1 unspecified atom stereocenters. The third-order valence-electron chi connectivity index (χ3n) is 2.32. The van der Waals surface area contributed by atoms with Gasteiger partial charge in [-0.15, -0.1) is 0 Å². The number of ether oxygens (including phenoxy) is 1. The minimum Gasteiger partial charge on any atom is -0.444 e. The Morgan fingerprint density at radius 1 is 1.56 bits per heavy atom. The Labute approximate surface area is 96.5 Å². The molecule has 88 valence electrons. The lowest BCUT2D eigenvalue weighted by molar-refractivity contribution is 0.0291. The molecular weight excluding hydrogens is 204 g/mol. The molecule has 0 radical (unpaired) electrons. The van der Waals surface area contributed by atoms with Crippen LogP contribution in [-0.2, 0) is 4.74 Å². The normalized spacial score (nSPS) is 21.1. The molecule has 1 saturated heterocycles. The van der Waals surface area contributed by atoms with Gasteiger partial charge in [-0.1, -0.05) is 6.08 Å². The van der Waals surface area contributed by atoms with Crippen LogP contribution >= 0.6 is 0 Å². The zero-order valence-corrected chi connectivity index (χ0v) is 10.1. The zero-order chi connectivity index (χ0) is 12.2. The molecule has 4 nitrogen and oxygen atoms in total. The van der Waals surface area contributed by atoms with Crippen molar-refractivity contribution in [2.75, 3.05) is 13.1 Å². The highest BCUT2D eigenvalue weighted by atomic mass is 16.6. The molecule has 1 heterocycles. The molecule has 0 aromatic carbocycles. The number of hydrogen-bond acceptors (Lipinski definition) is 3. The van der Waals surface area contributed by atoms with Crippen molar-refractivity contribution in [3.63, 3.8) is 0 Å². The number of nitrogens with zero attached hydrogens (tertiary/aromatic N) is 2. The summed E-state index contributed by atoms with van der Waals surface area (Å²) in [5, 5.41) is 8.41. The Bertz CT molecular complexity index is 323. The van der Waals surface area contributed by atoms with Gasteiger partial charge in [-0.2, -0.15) is 5.26 Å². The fraction of sp³-hybridized carbons (Fsp3) is 0.667. The Hall–Kier alpha value is -1.50. The second kappa shape index (κ2) is 5.02. The van der Waals surface area contributed by atoms with Crippen molar-refractivity contribution in [2.45, 2.75) is 32.8 Å². The molecule has 1 atom stereocenters. The first-order valence-corrected chi connectivity index (χ1v) is 5.46. The molecule has 16 heavy (non-hydrogen) atoms. The number of rotatable bonds is 1. The van der Waals surface area contributed by atoms with E-state index in [2.05, 4.69) is 0 Å². The second-order valence-corrected chi connectivity index (χ2v) is 4.96. The van der Waals surface area contributed by atoms with E-state index in [9.17, 15) is 4.79 Å². The lowest BCUT2D eigenvalue weighted by Crippen LogP contribution is -2.35. The number of carbonyl (C=O) groups excluding carboxylic acids is 1. The van der Waals surface area contributed by atoms with Crippen LogP contribution in [0.4, 0.5) is 4.79 Å². The largest absolute Gasteiger partial charge is 0.444 e. The van der Waals surface area contributed by atoms with Crippen LogP contribution in [0.5, 0.6) is 0 Å². The summed E-state index contributed by atoms with van der Waals surface area (Å²) in [5.41, 5.74) is -0.447. The first-order chi connectivity index (χ1) is 7.42. The monoisotopic (exact) mass is 222 g/mol. The number of carbonyl (C=O) groups is 1. The van der Waals surface area contributed by atoms with Crippen LogP contribution in [0.3, 0.4) is 0 Å². The van der Waals surface area contributed by atoms with Gasteiger partial charge in [-0.05, 0) is 33.1 Å². The number of likely N-dealkylation sites (tertiary alicyclic amines) is 1. The van der Waals surface area contributed by atoms with Crippen molar-refractivity contribution < 1.29 is 9.53 Å². The molecular formula is C12H18N2O2. The van der Waals surface area contributed by atoms with Crippen LogP contribution in [0.15, 0.2) is 12.2 Å². The lowest BCUT2D eigenvalue weighted by Gasteiger charge is -2.24. The van der Waals surface area contributed by atoms with Crippen molar-refractivity contribution in [3.05, 3.63) is 12.2 Å². The maximum absolute atomic E-state index is 11.7. The van der Waals surface area contributed by atoms with Crippen molar-refractivity contribution in [1.29, 1.82) is 5.26 Å². The van der Waals surface area contributed by atoms with Crippen LogP contribution in [-0.4, -0.2) is 29.7 Å². The smallest absolute Gasteiger partial charge is 0.410 e. The highest BCUT2D eigenvalue weighted by Gasteiger charge is 2.28. The molecule has 0 aromatic rings. The number of amides is 1. The van der Waals surface area contributed by atoms with E-state index in [0.717, 1.165) is 6.42 Å². The molecule has 1 fully saturated rings. The average molecular weight is 222 g/mol. The number of allylic oxidation sites excluding steroid dienone is 1. The molecule has 4 heteroatoms. The Balaban J connectivity index is 2.45. The minimum absolute atomic E-state index is 0.264. The SMILES string of the molecule is CC(C)(C)OC(=O)N1CCC(C=CC#N)C1. The van der Waals surface area contributed by atoms with Gasteiger partial charge in [-0.25, -0.2) is 4.79 Å².